The van der Waals surface area contributed by atoms with Gasteiger partial charge in [0, 0.05) is 30.9 Å². The third-order valence-electron chi connectivity index (χ3n) is 4.32. The van der Waals surface area contributed by atoms with Crippen molar-refractivity contribution in [2.75, 3.05) is 24.7 Å². The Morgan fingerprint density at radius 1 is 1.09 bits per heavy atom. The fraction of sp³-hybridized carbons (Fsp3) is 0.0833. The van der Waals surface area contributed by atoms with Crippen molar-refractivity contribution < 1.29 is 14.0 Å². The lowest BCUT2D eigenvalue weighted by Gasteiger charge is -2.12. The van der Waals surface area contributed by atoms with Gasteiger partial charge < -0.3 is 15.6 Å². The summed E-state index contributed by atoms with van der Waals surface area (Å²) in [5, 5.41) is 11.0. The quantitative estimate of drug-likeness (QED) is 0.325. The maximum absolute atomic E-state index is 14.5. The highest BCUT2D eigenvalue weighted by Gasteiger charge is 2.18. The molecule has 0 atom stereocenters. The van der Waals surface area contributed by atoms with E-state index in [0.717, 1.165) is 0 Å². The third-order valence-corrected chi connectivity index (χ3v) is 4.56. The standard InChI is InChI=1S/C24H19ClFN5O2/c1-4-15-6-10-22(27-13-15)30-24(33)19-12-17(25)7-9-21(19)29-23(32)18-8-5-16(11-20(18)26)14-28-31(2)3/h1,5-14H,2-3H3,(H,29,32)(H,27,30,33). The SMILES string of the molecule is C#Cc1ccc(NC(=O)c2cc(Cl)ccc2NC(=O)c2ccc(C=NN(C)C)cc2F)nc1. The molecule has 2 aromatic carbocycles. The smallest absolute Gasteiger partial charge is 0.258 e. The number of carbonyl (C=O) groups is 2. The molecule has 0 aliphatic carbocycles. The number of rotatable bonds is 6. The summed E-state index contributed by atoms with van der Waals surface area (Å²) in [4.78, 5) is 29.6. The second-order valence-corrected chi connectivity index (χ2v) is 7.44. The summed E-state index contributed by atoms with van der Waals surface area (Å²) < 4.78 is 14.5. The zero-order valence-electron chi connectivity index (χ0n) is 17.8. The molecule has 0 fully saturated rings. The maximum atomic E-state index is 14.5. The first kappa shape index (κ1) is 23.4. The Bertz CT molecular complexity index is 1270. The normalized spacial score (nSPS) is 10.5. The minimum Gasteiger partial charge on any atom is -0.321 e. The summed E-state index contributed by atoms with van der Waals surface area (Å²) in [6, 6.07) is 11.6. The van der Waals surface area contributed by atoms with Crippen LogP contribution in [0.4, 0.5) is 15.9 Å². The number of aromatic nitrogens is 1. The predicted octanol–water partition coefficient (Wildman–Crippen LogP) is 4.26. The lowest BCUT2D eigenvalue weighted by Crippen LogP contribution is -2.19. The number of terminal acetylenes is 1. The first-order valence-electron chi connectivity index (χ1n) is 9.62. The number of hydrazone groups is 1. The molecule has 2 amide bonds. The molecule has 7 nitrogen and oxygen atoms in total. The summed E-state index contributed by atoms with van der Waals surface area (Å²) in [5.41, 5.74) is 1.09. The van der Waals surface area contributed by atoms with E-state index in [-0.39, 0.29) is 27.7 Å². The van der Waals surface area contributed by atoms with E-state index in [2.05, 4.69) is 26.6 Å². The number of hydrogen-bond acceptors (Lipinski definition) is 5. The highest BCUT2D eigenvalue weighted by Crippen LogP contribution is 2.23. The van der Waals surface area contributed by atoms with E-state index in [0.29, 0.717) is 11.1 Å². The Balaban J connectivity index is 1.82. The minimum atomic E-state index is -0.729. The first-order valence-corrected chi connectivity index (χ1v) is 10.0. The summed E-state index contributed by atoms with van der Waals surface area (Å²) in [7, 11) is 3.47. The number of pyridine rings is 1. The Hall–Kier alpha value is -4.22. The van der Waals surface area contributed by atoms with Gasteiger partial charge in [-0.1, -0.05) is 23.6 Å². The van der Waals surface area contributed by atoms with Crippen LogP contribution in [-0.2, 0) is 0 Å². The monoisotopic (exact) mass is 463 g/mol. The molecule has 3 rings (SSSR count). The molecule has 1 aromatic heterocycles. The molecule has 1 heterocycles. The van der Waals surface area contributed by atoms with Crippen LogP contribution in [0.2, 0.25) is 5.02 Å². The molecule has 0 spiro atoms. The van der Waals surface area contributed by atoms with Crippen molar-refractivity contribution in [3.8, 4) is 12.3 Å². The molecule has 3 aromatic rings. The number of hydrogen-bond donors (Lipinski definition) is 2. The van der Waals surface area contributed by atoms with Gasteiger partial charge in [-0.05, 0) is 48.0 Å². The zero-order chi connectivity index (χ0) is 24.0. The van der Waals surface area contributed by atoms with Crippen molar-refractivity contribution in [1.82, 2.24) is 9.99 Å². The van der Waals surface area contributed by atoms with Crippen LogP contribution in [0.1, 0.15) is 31.8 Å². The van der Waals surface area contributed by atoms with Crippen LogP contribution in [0.3, 0.4) is 0 Å². The molecule has 0 radical (unpaired) electrons. The van der Waals surface area contributed by atoms with E-state index < -0.39 is 17.6 Å². The van der Waals surface area contributed by atoms with Crippen molar-refractivity contribution in [1.29, 1.82) is 0 Å². The highest BCUT2D eigenvalue weighted by atomic mass is 35.5. The van der Waals surface area contributed by atoms with Crippen LogP contribution in [0, 0.1) is 18.2 Å². The van der Waals surface area contributed by atoms with E-state index in [4.69, 9.17) is 18.0 Å². The molecule has 0 bridgehead atoms. The highest BCUT2D eigenvalue weighted by molar-refractivity contribution is 6.31. The van der Waals surface area contributed by atoms with Gasteiger partial charge in [-0.3, -0.25) is 9.59 Å². The second-order valence-electron chi connectivity index (χ2n) is 7.01. The molecule has 166 valence electrons. The minimum absolute atomic E-state index is 0.0776. The van der Waals surface area contributed by atoms with Gasteiger partial charge in [-0.25, -0.2) is 9.37 Å². The van der Waals surface area contributed by atoms with Gasteiger partial charge in [-0.2, -0.15) is 5.10 Å². The molecule has 0 aliphatic rings. The fourth-order valence-corrected chi connectivity index (χ4v) is 2.89. The number of anilines is 2. The fourth-order valence-electron chi connectivity index (χ4n) is 2.72. The van der Waals surface area contributed by atoms with Crippen LogP contribution >= 0.6 is 11.6 Å². The van der Waals surface area contributed by atoms with Crippen LogP contribution in [0.15, 0.2) is 59.8 Å². The molecule has 0 saturated carbocycles. The molecule has 0 saturated heterocycles. The van der Waals surface area contributed by atoms with Gasteiger partial charge in [-0.15, -0.1) is 6.42 Å². The van der Waals surface area contributed by atoms with Crippen molar-refractivity contribution in [2.24, 2.45) is 5.10 Å². The topological polar surface area (TPSA) is 86.7 Å². The summed E-state index contributed by atoms with van der Waals surface area (Å²) in [6.07, 6.45) is 8.21. The van der Waals surface area contributed by atoms with Gasteiger partial charge in [0.1, 0.15) is 11.6 Å². The molecule has 0 aliphatic heterocycles. The molecule has 0 unspecified atom stereocenters. The van der Waals surface area contributed by atoms with Crippen LogP contribution in [0.5, 0.6) is 0 Å². The zero-order valence-corrected chi connectivity index (χ0v) is 18.5. The Morgan fingerprint density at radius 3 is 2.48 bits per heavy atom. The van der Waals surface area contributed by atoms with Gasteiger partial charge in [0.2, 0.25) is 0 Å². The average molecular weight is 464 g/mol. The maximum Gasteiger partial charge on any atom is 0.258 e. The first-order chi connectivity index (χ1) is 15.8. The number of nitrogens with zero attached hydrogens (tertiary/aromatic N) is 3. The average Bonchev–Trinajstić information content (AvgIpc) is 2.79. The van der Waals surface area contributed by atoms with E-state index in [1.165, 1.54) is 42.7 Å². The Morgan fingerprint density at radius 2 is 1.85 bits per heavy atom. The number of halogens is 2. The number of nitrogens with one attached hydrogen (secondary N) is 2. The molecule has 9 heteroatoms. The van der Waals surface area contributed by atoms with Crippen LogP contribution in [-0.4, -0.2) is 42.1 Å². The van der Waals surface area contributed by atoms with Gasteiger partial charge in [0.05, 0.1) is 23.0 Å². The van der Waals surface area contributed by atoms with Gasteiger partial charge in [0.15, 0.2) is 0 Å². The lowest BCUT2D eigenvalue weighted by molar-refractivity contribution is 0.102. The Kier molecular flexibility index (Phi) is 7.38. The van der Waals surface area contributed by atoms with E-state index in [9.17, 15) is 14.0 Å². The lowest BCUT2D eigenvalue weighted by atomic mass is 10.1. The van der Waals surface area contributed by atoms with Crippen molar-refractivity contribution in [3.63, 3.8) is 0 Å². The molecular formula is C24H19ClFN5O2. The molecule has 33 heavy (non-hydrogen) atoms. The summed E-state index contributed by atoms with van der Waals surface area (Å²) in [6.45, 7) is 0. The molecular weight excluding hydrogens is 445 g/mol. The molecule has 2 N–H and O–H groups in total. The second kappa shape index (κ2) is 10.4. The Labute approximate surface area is 195 Å². The van der Waals surface area contributed by atoms with Gasteiger partial charge >= 0.3 is 0 Å². The van der Waals surface area contributed by atoms with E-state index in [1.54, 1.807) is 37.3 Å². The van der Waals surface area contributed by atoms with Crippen molar-refractivity contribution in [3.05, 3.63) is 87.8 Å². The number of amides is 2. The number of carbonyl (C=O) groups excluding carboxylic acids is 2. The van der Waals surface area contributed by atoms with Crippen LogP contribution in [0.25, 0.3) is 0 Å². The summed E-state index contributed by atoms with van der Waals surface area (Å²) >= 11 is 6.05. The van der Waals surface area contributed by atoms with Crippen molar-refractivity contribution >= 4 is 41.1 Å². The van der Waals surface area contributed by atoms with E-state index >= 15 is 0 Å². The number of benzene rings is 2. The third kappa shape index (κ3) is 6.15. The predicted molar refractivity (Wildman–Crippen MR) is 127 cm³/mol. The van der Waals surface area contributed by atoms with E-state index in [1.807, 2.05) is 0 Å². The van der Waals surface area contributed by atoms with Gasteiger partial charge in [0.25, 0.3) is 11.8 Å². The van der Waals surface area contributed by atoms with Crippen LogP contribution < -0.4 is 10.6 Å². The van der Waals surface area contributed by atoms with Crippen molar-refractivity contribution in [2.45, 2.75) is 0 Å². The largest absolute Gasteiger partial charge is 0.321 e. The summed E-state index contributed by atoms with van der Waals surface area (Å²) in [5.74, 6) is 0.675.